The molecule has 116 valence electrons. The van der Waals surface area contributed by atoms with Gasteiger partial charge in [-0.1, -0.05) is 13.8 Å². The predicted octanol–water partition coefficient (Wildman–Crippen LogP) is 1.57. The van der Waals surface area contributed by atoms with Crippen LogP contribution in [0.25, 0.3) is 0 Å². The number of carbonyl (C=O) groups is 1. The molecule has 2 rings (SSSR count). The molecule has 0 aliphatic carbocycles. The summed E-state index contributed by atoms with van der Waals surface area (Å²) in [6.07, 6.45) is 2.28. The zero-order valence-electron chi connectivity index (χ0n) is 13.2. The fourth-order valence-electron chi connectivity index (χ4n) is 2.76. The summed E-state index contributed by atoms with van der Waals surface area (Å²) in [5.41, 5.74) is 1.56. The van der Waals surface area contributed by atoms with E-state index in [9.17, 15) is 4.79 Å². The van der Waals surface area contributed by atoms with E-state index in [0.29, 0.717) is 18.1 Å². The molecule has 0 unspecified atom stereocenters. The average molecular weight is 293 g/mol. The summed E-state index contributed by atoms with van der Waals surface area (Å²) in [7, 11) is 3.03. The number of hydrogen-bond acceptors (Lipinski definition) is 6. The maximum Gasteiger partial charge on any atom is 0.357 e. The molecule has 1 N–H and O–H groups in total. The van der Waals surface area contributed by atoms with E-state index in [2.05, 4.69) is 10.3 Å². The van der Waals surface area contributed by atoms with Gasteiger partial charge in [-0.3, -0.25) is 0 Å². The second-order valence-electron chi connectivity index (χ2n) is 5.14. The lowest BCUT2D eigenvalue weighted by Gasteiger charge is -2.30. The fourth-order valence-corrected chi connectivity index (χ4v) is 2.76. The van der Waals surface area contributed by atoms with Crippen LogP contribution in [0.5, 0.6) is 0 Å². The van der Waals surface area contributed by atoms with Crippen molar-refractivity contribution in [3.8, 4) is 0 Å². The summed E-state index contributed by atoms with van der Waals surface area (Å²) >= 11 is 0. The maximum absolute atomic E-state index is 12.0. The molecule has 0 fully saturated rings. The SMILES string of the molecule is CCC(CC)(OC)c1nc2c(c(C(=O)OC)n1)CNCC2. The van der Waals surface area contributed by atoms with Crippen LogP contribution >= 0.6 is 0 Å². The number of ether oxygens (including phenoxy) is 2. The van der Waals surface area contributed by atoms with Gasteiger partial charge in [-0.2, -0.15) is 0 Å². The molecule has 0 bridgehead atoms. The van der Waals surface area contributed by atoms with E-state index < -0.39 is 11.6 Å². The van der Waals surface area contributed by atoms with Crippen molar-refractivity contribution in [3.63, 3.8) is 0 Å². The third kappa shape index (κ3) is 2.78. The minimum Gasteiger partial charge on any atom is -0.464 e. The van der Waals surface area contributed by atoms with Crippen molar-refractivity contribution in [3.05, 3.63) is 22.8 Å². The van der Waals surface area contributed by atoms with E-state index >= 15 is 0 Å². The number of esters is 1. The van der Waals surface area contributed by atoms with Crippen molar-refractivity contribution in [1.82, 2.24) is 15.3 Å². The van der Waals surface area contributed by atoms with Crippen LogP contribution < -0.4 is 5.32 Å². The summed E-state index contributed by atoms with van der Waals surface area (Å²) in [5.74, 6) is 0.159. The number of methoxy groups -OCH3 is 2. The van der Waals surface area contributed by atoms with Gasteiger partial charge in [0.05, 0.1) is 12.8 Å². The monoisotopic (exact) mass is 293 g/mol. The first-order valence-corrected chi connectivity index (χ1v) is 7.36. The van der Waals surface area contributed by atoms with Crippen molar-refractivity contribution in [2.24, 2.45) is 0 Å². The fraction of sp³-hybridized carbons (Fsp3) is 0.667. The molecule has 1 aromatic heterocycles. The number of hydrogen-bond donors (Lipinski definition) is 1. The van der Waals surface area contributed by atoms with Gasteiger partial charge < -0.3 is 14.8 Å². The van der Waals surface area contributed by atoms with E-state index in [1.807, 2.05) is 13.8 Å². The van der Waals surface area contributed by atoms with Gasteiger partial charge in [0.1, 0.15) is 5.60 Å². The van der Waals surface area contributed by atoms with Crippen molar-refractivity contribution in [1.29, 1.82) is 0 Å². The molecule has 0 atom stereocenters. The Hall–Kier alpha value is -1.53. The lowest BCUT2D eigenvalue weighted by molar-refractivity contribution is -0.0295. The molecule has 0 spiro atoms. The number of nitrogens with one attached hydrogen (secondary N) is 1. The summed E-state index contributed by atoms with van der Waals surface area (Å²) in [6.45, 7) is 5.52. The lowest BCUT2D eigenvalue weighted by Crippen LogP contribution is -2.34. The van der Waals surface area contributed by atoms with Gasteiger partial charge in [0.2, 0.25) is 0 Å². The van der Waals surface area contributed by atoms with E-state index in [1.165, 1.54) is 7.11 Å². The largest absolute Gasteiger partial charge is 0.464 e. The first-order valence-electron chi connectivity index (χ1n) is 7.36. The smallest absolute Gasteiger partial charge is 0.357 e. The Balaban J connectivity index is 2.60. The van der Waals surface area contributed by atoms with Crippen LogP contribution in [0.2, 0.25) is 0 Å². The number of aromatic nitrogens is 2. The quantitative estimate of drug-likeness (QED) is 0.831. The Kier molecular flexibility index (Phi) is 4.90. The zero-order chi connectivity index (χ0) is 15.5. The number of carbonyl (C=O) groups excluding carboxylic acids is 1. The first kappa shape index (κ1) is 15.9. The average Bonchev–Trinajstić information content (AvgIpc) is 2.55. The second kappa shape index (κ2) is 6.49. The minimum atomic E-state index is -0.553. The Labute approximate surface area is 125 Å². The van der Waals surface area contributed by atoms with Gasteiger partial charge in [-0.25, -0.2) is 14.8 Å². The highest BCUT2D eigenvalue weighted by Crippen LogP contribution is 2.31. The standard InChI is InChI=1S/C15H23N3O3/c1-5-15(6-2,21-4)14-17-11-7-8-16-9-10(11)12(18-14)13(19)20-3/h16H,5-9H2,1-4H3. The number of rotatable bonds is 5. The summed E-state index contributed by atoms with van der Waals surface area (Å²) in [6, 6.07) is 0. The van der Waals surface area contributed by atoms with Crippen LogP contribution in [0.1, 0.15) is 54.3 Å². The number of fused-ring (bicyclic) bond motifs is 1. The molecule has 1 aromatic rings. The predicted molar refractivity (Wildman–Crippen MR) is 78.1 cm³/mol. The van der Waals surface area contributed by atoms with E-state index in [-0.39, 0.29) is 0 Å². The summed E-state index contributed by atoms with van der Waals surface area (Å²) in [5, 5.41) is 3.24. The van der Waals surface area contributed by atoms with Crippen molar-refractivity contribution in [2.45, 2.75) is 45.3 Å². The molecule has 0 aromatic carbocycles. The molecular formula is C15H23N3O3. The van der Waals surface area contributed by atoms with Gasteiger partial charge >= 0.3 is 5.97 Å². The third-order valence-electron chi connectivity index (χ3n) is 4.25. The maximum atomic E-state index is 12.0. The molecule has 0 saturated heterocycles. The highest BCUT2D eigenvalue weighted by molar-refractivity contribution is 5.89. The molecule has 0 amide bonds. The number of nitrogens with zero attached hydrogens (tertiary/aromatic N) is 2. The lowest BCUT2D eigenvalue weighted by atomic mass is 9.94. The van der Waals surface area contributed by atoms with Crippen LogP contribution in [-0.4, -0.2) is 36.7 Å². The molecule has 6 nitrogen and oxygen atoms in total. The van der Waals surface area contributed by atoms with Crippen molar-refractivity contribution >= 4 is 5.97 Å². The van der Waals surface area contributed by atoms with E-state index in [0.717, 1.165) is 37.1 Å². The van der Waals surface area contributed by atoms with E-state index in [1.54, 1.807) is 7.11 Å². The van der Waals surface area contributed by atoms with Crippen molar-refractivity contribution in [2.75, 3.05) is 20.8 Å². The van der Waals surface area contributed by atoms with E-state index in [4.69, 9.17) is 14.5 Å². The second-order valence-corrected chi connectivity index (χ2v) is 5.14. The zero-order valence-corrected chi connectivity index (χ0v) is 13.2. The van der Waals surface area contributed by atoms with Gasteiger partial charge in [0, 0.05) is 32.2 Å². The molecule has 2 heterocycles. The van der Waals surface area contributed by atoms with Crippen LogP contribution in [-0.2, 0) is 28.0 Å². The van der Waals surface area contributed by atoms with Crippen LogP contribution in [0.4, 0.5) is 0 Å². The Morgan fingerprint density at radius 2 is 2.00 bits per heavy atom. The molecule has 1 aliphatic rings. The summed E-state index contributed by atoms with van der Waals surface area (Å²) < 4.78 is 10.6. The van der Waals surface area contributed by atoms with Crippen LogP contribution in [0, 0.1) is 0 Å². The van der Waals surface area contributed by atoms with Gasteiger partial charge in [-0.05, 0) is 12.8 Å². The normalized spacial score (nSPS) is 14.7. The van der Waals surface area contributed by atoms with Gasteiger partial charge in [0.15, 0.2) is 11.5 Å². The topological polar surface area (TPSA) is 73.3 Å². The Bertz CT molecular complexity index is 519. The summed E-state index contributed by atoms with van der Waals surface area (Å²) in [4.78, 5) is 21.2. The van der Waals surface area contributed by atoms with Crippen LogP contribution in [0.15, 0.2) is 0 Å². The third-order valence-corrected chi connectivity index (χ3v) is 4.25. The molecule has 21 heavy (non-hydrogen) atoms. The molecular weight excluding hydrogens is 270 g/mol. The highest BCUT2D eigenvalue weighted by Gasteiger charge is 2.34. The Morgan fingerprint density at radius 3 is 2.57 bits per heavy atom. The molecule has 1 aliphatic heterocycles. The molecule has 0 saturated carbocycles. The van der Waals surface area contributed by atoms with Crippen LogP contribution in [0.3, 0.4) is 0 Å². The molecule has 0 radical (unpaired) electrons. The molecule has 6 heteroatoms. The van der Waals surface area contributed by atoms with Crippen molar-refractivity contribution < 1.29 is 14.3 Å². The Morgan fingerprint density at radius 1 is 1.29 bits per heavy atom. The minimum absolute atomic E-state index is 0.355. The van der Waals surface area contributed by atoms with Gasteiger partial charge in [-0.15, -0.1) is 0 Å². The van der Waals surface area contributed by atoms with Gasteiger partial charge in [0.25, 0.3) is 0 Å². The highest BCUT2D eigenvalue weighted by atomic mass is 16.5. The first-order chi connectivity index (χ1) is 10.1.